The molecular weight excluding hydrogens is 280 g/mol. The molecule has 0 saturated carbocycles. The lowest BCUT2D eigenvalue weighted by atomic mass is 9.88. The highest BCUT2D eigenvalue weighted by Crippen LogP contribution is 2.49. The van der Waals surface area contributed by atoms with Gasteiger partial charge in [-0.05, 0) is 6.92 Å². The van der Waals surface area contributed by atoms with Gasteiger partial charge in [0.15, 0.2) is 5.65 Å². The van der Waals surface area contributed by atoms with Crippen molar-refractivity contribution in [2.45, 2.75) is 18.5 Å². The number of carbonyl (C=O) groups is 1. The second kappa shape index (κ2) is 3.68. The van der Waals surface area contributed by atoms with Crippen LogP contribution in [0.1, 0.15) is 12.6 Å². The number of aromatic nitrogens is 3. The molecule has 9 heteroatoms. The predicted molar refractivity (Wildman–Crippen MR) is 59.8 cm³/mol. The number of anilines is 1. The molecule has 1 amide bonds. The predicted octanol–water partition coefficient (Wildman–Crippen LogP) is 1.66. The first kappa shape index (κ1) is 12.8. The minimum absolute atomic E-state index is 0.0181. The monoisotopic (exact) mass is 288 g/mol. The molecule has 0 bridgehead atoms. The Morgan fingerprint density at radius 3 is 2.75 bits per heavy atom. The maximum absolute atomic E-state index is 13.4. The Balaban J connectivity index is 2.38. The fourth-order valence-corrected chi connectivity index (χ4v) is 2.44. The molecule has 3 rings (SSSR count). The standard InChI is InChI=1S/C11H8F4N4O/c1-10(11(13,14)15)4-18(5-20)6-3-16-8-2-7(12)17-19(8)9(6)10/h2-3,5H,4H2,1H3/t10-/m1/s1. The highest BCUT2D eigenvalue weighted by atomic mass is 19.4. The van der Waals surface area contributed by atoms with Gasteiger partial charge < -0.3 is 4.90 Å². The summed E-state index contributed by atoms with van der Waals surface area (Å²) in [5.74, 6) is -0.931. The van der Waals surface area contributed by atoms with E-state index in [9.17, 15) is 22.4 Å². The zero-order valence-electron chi connectivity index (χ0n) is 10.1. The Morgan fingerprint density at radius 2 is 2.15 bits per heavy atom. The average Bonchev–Trinajstić information content (AvgIpc) is 2.86. The van der Waals surface area contributed by atoms with E-state index in [0.29, 0.717) is 6.41 Å². The molecule has 2 aromatic heterocycles. The number of halogens is 4. The minimum Gasteiger partial charge on any atom is -0.311 e. The van der Waals surface area contributed by atoms with E-state index in [1.807, 2.05) is 0 Å². The van der Waals surface area contributed by atoms with Crippen molar-refractivity contribution in [3.63, 3.8) is 0 Å². The largest absolute Gasteiger partial charge is 0.401 e. The number of hydrogen-bond donors (Lipinski definition) is 0. The van der Waals surface area contributed by atoms with E-state index in [1.54, 1.807) is 0 Å². The Hall–Kier alpha value is -2.19. The molecule has 20 heavy (non-hydrogen) atoms. The van der Waals surface area contributed by atoms with E-state index in [0.717, 1.165) is 28.6 Å². The van der Waals surface area contributed by atoms with Gasteiger partial charge in [-0.3, -0.25) is 4.79 Å². The quantitative estimate of drug-likeness (QED) is 0.592. The lowest BCUT2D eigenvalue weighted by Crippen LogP contribution is -2.44. The fraction of sp³-hybridized carbons (Fsp3) is 0.364. The molecule has 0 spiro atoms. The van der Waals surface area contributed by atoms with Crippen molar-refractivity contribution < 1.29 is 22.4 Å². The topological polar surface area (TPSA) is 50.5 Å². The van der Waals surface area contributed by atoms with Gasteiger partial charge in [0.1, 0.15) is 5.41 Å². The van der Waals surface area contributed by atoms with Crippen LogP contribution >= 0.6 is 0 Å². The van der Waals surface area contributed by atoms with E-state index >= 15 is 0 Å². The molecule has 1 aliphatic heterocycles. The van der Waals surface area contributed by atoms with Crippen LogP contribution in [0, 0.1) is 5.95 Å². The van der Waals surface area contributed by atoms with Gasteiger partial charge in [-0.2, -0.15) is 17.6 Å². The molecule has 1 aliphatic rings. The van der Waals surface area contributed by atoms with E-state index in [4.69, 9.17) is 0 Å². The lowest BCUT2D eigenvalue weighted by molar-refractivity contribution is -0.181. The van der Waals surface area contributed by atoms with Crippen LogP contribution in [-0.4, -0.2) is 33.7 Å². The Morgan fingerprint density at radius 1 is 1.45 bits per heavy atom. The fourth-order valence-electron chi connectivity index (χ4n) is 2.44. The summed E-state index contributed by atoms with van der Waals surface area (Å²) in [6, 6.07) is 0.931. The van der Waals surface area contributed by atoms with E-state index < -0.39 is 24.1 Å². The maximum atomic E-state index is 13.4. The van der Waals surface area contributed by atoms with Crippen molar-refractivity contribution in [2.75, 3.05) is 11.4 Å². The number of alkyl halides is 3. The average molecular weight is 288 g/mol. The molecule has 5 nitrogen and oxygen atoms in total. The normalized spacial score (nSPS) is 22.4. The van der Waals surface area contributed by atoms with Crippen molar-refractivity contribution in [1.82, 2.24) is 14.6 Å². The maximum Gasteiger partial charge on any atom is 0.401 e. The molecule has 0 aliphatic carbocycles. The molecule has 0 aromatic carbocycles. The summed E-state index contributed by atoms with van der Waals surface area (Å²) in [6.45, 7) is 0.367. The molecular formula is C11H8F4N4O. The third-order valence-corrected chi connectivity index (χ3v) is 3.51. The van der Waals surface area contributed by atoms with E-state index in [-0.39, 0.29) is 17.0 Å². The van der Waals surface area contributed by atoms with Gasteiger partial charge in [0.2, 0.25) is 12.4 Å². The first-order chi connectivity index (χ1) is 9.28. The molecule has 0 fully saturated rings. The van der Waals surface area contributed by atoms with E-state index in [1.165, 1.54) is 0 Å². The molecule has 106 valence electrons. The Labute approximate surface area is 109 Å². The van der Waals surface area contributed by atoms with Crippen molar-refractivity contribution >= 4 is 17.7 Å². The van der Waals surface area contributed by atoms with Gasteiger partial charge in [-0.15, -0.1) is 5.10 Å². The first-order valence-corrected chi connectivity index (χ1v) is 5.61. The Kier molecular flexibility index (Phi) is 2.36. The van der Waals surface area contributed by atoms with Crippen LogP contribution in [0.4, 0.5) is 23.2 Å². The van der Waals surface area contributed by atoms with Crippen LogP contribution in [0.2, 0.25) is 0 Å². The van der Waals surface area contributed by atoms with Gasteiger partial charge in [-0.25, -0.2) is 9.50 Å². The zero-order valence-corrected chi connectivity index (χ0v) is 10.1. The summed E-state index contributed by atoms with van der Waals surface area (Å²) in [4.78, 5) is 15.7. The van der Waals surface area contributed by atoms with Crippen molar-refractivity contribution in [3.05, 3.63) is 23.9 Å². The molecule has 2 aromatic rings. The molecule has 0 saturated heterocycles. The zero-order chi connectivity index (χ0) is 14.7. The number of carbonyl (C=O) groups excluding carboxylic acids is 1. The van der Waals surface area contributed by atoms with Crippen LogP contribution in [0.3, 0.4) is 0 Å². The third kappa shape index (κ3) is 1.46. The number of hydrogen-bond acceptors (Lipinski definition) is 3. The SMILES string of the molecule is C[C@@]1(C(F)(F)F)CN(C=O)c2cnc3cc(F)nn3c21. The van der Waals surface area contributed by atoms with Crippen molar-refractivity contribution in [3.8, 4) is 0 Å². The number of nitrogens with zero attached hydrogens (tertiary/aromatic N) is 4. The van der Waals surface area contributed by atoms with Crippen molar-refractivity contribution in [2.24, 2.45) is 0 Å². The Bertz CT molecular complexity index is 710. The molecule has 0 unspecified atom stereocenters. The third-order valence-electron chi connectivity index (χ3n) is 3.51. The van der Waals surface area contributed by atoms with Crippen LogP contribution in [0.15, 0.2) is 12.3 Å². The summed E-state index contributed by atoms with van der Waals surface area (Å²) in [6.07, 6.45) is -3.20. The van der Waals surface area contributed by atoms with Crippen LogP contribution < -0.4 is 4.90 Å². The second-order valence-corrected chi connectivity index (χ2v) is 4.79. The summed E-state index contributed by atoms with van der Waals surface area (Å²) < 4.78 is 54.1. The van der Waals surface area contributed by atoms with Gasteiger partial charge in [0, 0.05) is 12.6 Å². The van der Waals surface area contributed by atoms with Gasteiger partial charge in [0.25, 0.3) is 0 Å². The minimum atomic E-state index is -4.61. The number of fused-ring (bicyclic) bond motifs is 3. The molecule has 0 radical (unpaired) electrons. The number of rotatable bonds is 1. The molecule has 1 atom stereocenters. The number of amides is 1. The van der Waals surface area contributed by atoms with Crippen LogP contribution in [0.5, 0.6) is 0 Å². The summed E-state index contributed by atoms with van der Waals surface area (Å²) in [5.41, 5.74) is -2.67. The summed E-state index contributed by atoms with van der Waals surface area (Å²) >= 11 is 0. The summed E-state index contributed by atoms with van der Waals surface area (Å²) in [5, 5.41) is 3.41. The lowest BCUT2D eigenvalue weighted by Gasteiger charge is -2.27. The first-order valence-electron chi connectivity index (χ1n) is 5.61. The van der Waals surface area contributed by atoms with E-state index in [2.05, 4.69) is 10.1 Å². The highest BCUT2D eigenvalue weighted by molar-refractivity contribution is 5.81. The van der Waals surface area contributed by atoms with Gasteiger partial charge in [-0.1, -0.05) is 0 Å². The van der Waals surface area contributed by atoms with Crippen molar-refractivity contribution in [1.29, 1.82) is 0 Å². The van der Waals surface area contributed by atoms with Crippen LogP contribution in [0.25, 0.3) is 5.65 Å². The smallest absolute Gasteiger partial charge is 0.311 e. The molecule has 0 N–H and O–H groups in total. The second-order valence-electron chi connectivity index (χ2n) is 4.79. The van der Waals surface area contributed by atoms with Crippen LogP contribution in [-0.2, 0) is 10.2 Å². The highest BCUT2D eigenvalue weighted by Gasteiger charge is 2.59. The summed E-state index contributed by atoms with van der Waals surface area (Å²) in [7, 11) is 0. The van der Waals surface area contributed by atoms with Gasteiger partial charge in [0.05, 0.1) is 17.6 Å². The molecule has 3 heterocycles. The van der Waals surface area contributed by atoms with Gasteiger partial charge >= 0.3 is 6.18 Å².